The molecule has 0 aromatic heterocycles. The van der Waals surface area contributed by atoms with E-state index in [1.165, 1.54) is 0 Å². The molecule has 2 atom stereocenters. The van der Waals surface area contributed by atoms with Gasteiger partial charge in [-0.1, -0.05) is 38.1 Å². The number of benzene rings is 2. The van der Waals surface area contributed by atoms with Crippen LogP contribution < -0.4 is 10.5 Å². The van der Waals surface area contributed by atoms with E-state index in [2.05, 4.69) is 13.8 Å². The highest BCUT2D eigenvalue weighted by Crippen LogP contribution is 2.62. The molecule has 28 heavy (non-hydrogen) atoms. The second kappa shape index (κ2) is 6.36. The predicted octanol–water partition coefficient (Wildman–Crippen LogP) is 3.34. The monoisotopic (exact) mass is 378 g/mol. The average molecular weight is 378 g/mol. The number of rotatable bonds is 4. The molecule has 1 aliphatic carbocycles. The zero-order chi connectivity index (χ0) is 20.1. The van der Waals surface area contributed by atoms with E-state index >= 15 is 0 Å². The van der Waals surface area contributed by atoms with Gasteiger partial charge >= 0.3 is 0 Å². The van der Waals surface area contributed by atoms with Gasteiger partial charge in [0.15, 0.2) is 0 Å². The van der Waals surface area contributed by atoms with Crippen molar-refractivity contribution < 1.29 is 14.3 Å². The van der Waals surface area contributed by atoms with E-state index in [-0.39, 0.29) is 23.1 Å². The standard InChI is InChI=1S/C23H26N2O3/c1-22(2)13-23(21(24)27)14-25(12-19(22)23)20(26)17-8-4-6-15(10-17)16-7-5-9-18(11-16)28-3/h4-11,19H,12-14H2,1-3H3,(H2,24,27)/t19-,23+/m1/s1. The first kappa shape index (κ1) is 18.5. The Morgan fingerprint density at radius 3 is 2.39 bits per heavy atom. The molecule has 0 unspecified atom stereocenters. The Morgan fingerprint density at radius 1 is 1.11 bits per heavy atom. The Hall–Kier alpha value is -2.82. The molecule has 0 spiro atoms. The number of nitrogens with two attached hydrogens (primary N) is 1. The number of hydrogen-bond donors (Lipinski definition) is 1. The van der Waals surface area contributed by atoms with E-state index in [0.717, 1.165) is 23.3 Å². The van der Waals surface area contributed by atoms with Gasteiger partial charge in [0.1, 0.15) is 5.75 Å². The second-order valence-corrected chi connectivity index (χ2v) is 8.74. The van der Waals surface area contributed by atoms with Crippen LogP contribution in [0.5, 0.6) is 5.75 Å². The molecular weight excluding hydrogens is 352 g/mol. The largest absolute Gasteiger partial charge is 0.497 e. The second-order valence-electron chi connectivity index (χ2n) is 8.74. The smallest absolute Gasteiger partial charge is 0.253 e. The molecule has 1 aliphatic heterocycles. The van der Waals surface area contributed by atoms with Gasteiger partial charge in [0.25, 0.3) is 5.91 Å². The summed E-state index contributed by atoms with van der Waals surface area (Å²) < 4.78 is 5.30. The number of amides is 2. The third kappa shape index (κ3) is 2.77. The third-order valence-electron chi connectivity index (χ3n) is 6.55. The molecule has 2 aromatic rings. The van der Waals surface area contributed by atoms with Crippen LogP contribution in [0.1, 0.15) is 30.6 Å². The molecule has 1 saturated heterocycles. The minimum atomic E-state index is -0.566. The lowest BCUT2D eigenvalue weighted by molar-refractivity contribution is -0.148. The van der Waals surface area contributed by atoms with Crippen molar-refractivity contribution in [3.05, 3.63) is 54.1 Å². The quantitative estimate of drug-likeness (QED) is 0.887. The van der Waals surface area contributed by atoms with Crippen LogP contribution in [0.15, 0.2) is 48.5 Å². The lowest BCUT2D eigenvalue weighted by Gasteiger charge is -2.54. The molecule has 2 aliphatic rings. The number of carbonyl (C=O) groups excluding carboxylic acids is 2. The number of nitrogens with zero attached hydrogens (tertiary/aromatic N) is 1. The summed E-state index contributed by atoms with van der Waals surface area (Å²) in [6, 6.07) is 15.4. The van der Waals surface area contributed by atoms with Crippen molar-refractivity contribution in [2.45, 2.75) is 20.3 Å². The first-order valence-corrected chi connectivity index (χ1v) is 9.60. The summed E-state index contributed by atoms with van der Waals surface area (Å²) in [7, 11) is 1.64. The van der Waals surface area contributed by atoms with Crippen molar-refractivity contribution in [3.63, 3.8) is 0 Å². The van der Waals surface area contributed by atoms with Crippen molar-refractivity contribution in [2.75, 3.05) is 20.2 Å². The van der Waals surface area contributed by atoms with Crippen LogP contribution in [-0.2, 0) is 4.79 Å². The maximum Gasteiger partial charge on any atom is 0.253 e. The Morgan fingerprint density at radius 2 is 1.79 bits per heavy atom. The lowest BCUT2D eigenvalue weighted by Crippen LogP contribution is -2.59. The van der Waals surface area contributed by atoms with Crippen molar-refractivity contribution in [1.82, 2.24) is 4.90 Å². The molecule has 0 bridgehead atoms. The summed E-state index contributed by atoms with van der Waals surface area (Å²) in [5, 5.41) is 0. The van der Waals surface area contributed by atoms with Gasteiger partial charge in [-0.2, -0.15) is 0 Å². The number of methoxy groups -OCH3 is 1. The van der Waals surface area contributed by atoms with E-state index < -0.39 is 5.41 Å². The topological polar surface area (TPSA) is 72.6 Å². The Labute approximate surface area is 165 Å². The van der Waals surface area contributed by atoms with E-state index in [1.807, 2.05) is 48.5 Å². The van der Waals surface area contributed by atoms with Gasteiger partial charge in [0, 0.05) is 18.7 Å². The van der Waals surface area contributed by atoms with Crippen LogP contribution in [-0.4, -0.2) is 36.9 Å². The summed E-state index contributed by atoms with van der Waals surface area (Å²) >= 11 is 0. The normalized spacial score (nSPS) is 25.0. The average Bonchev–Trinajstić information content (AvgIpc) is 3.04. The van der Waals surface area contributed by atoms with E-state index in [1.54, 1.807) is 12.0 Å². The summed E-state index contributed by atoms with van der Waals surface area (Å²) in [6.45, 7) is 5.29. The number of ether oxygens (including phenoxy) is 1. The summed E-state index contributed by atoms with van der Waals surface area (Å²) in [4.78, 5) is 27.1. The molecule has 2 aromatic carbocycles. The minimum absolute atomic E-state index is 0.0342. The molecule has 1 heterocycles. The number of primary amides is 1. The first-order chi connectivity index (χ1) is 13.3. The molecule has 2 amide bonds. The van der Waals surface area contributed by atoms with E-state index in [4.69, 9.17) is 10.5 Å². The maximum absolute atomic E-state index is 13.2. The van der Waals surface area contributed by atoms with Gasteiger partial charge in [-0.05, 0) is 53.1 Å². The number of likely N-dealkylation sites (tertiary alicyclic amines) is 1. The molecule has 5 nitrogen and oxygen atoms in total. The van der Waals surface area contributed by atoms with Gasteiger partial charge in [0.05, 0.1) is 12.5 Å². The van der Waals surface area contributed by atoms with Crippen LogP contribution in [0.4, 0.5) is 0 Å². The number of fused-ring (bicyclic) bond motifs is 1. The summed E-state index contributed by atoms with van der Waals surface area (Å²) in [6.07, 6.45) is 0.744. The Bertz CT molecular complexity index is 952. The van der Waals surface area contributed by atoms with Crippen LogP contribution in [0.2, 0.25) is 0 Å². The fourth-order valence-electron chi connectivity index (χ4n) is 5.20. The molecule has 4 rings (SSSR count). The first-order valence-electron chi connectivity index (χ1n) is 9.60. The summed E-state index contributed by atoms with van der Waals surface area (Å²) in [5.41, 5.74) is 7.77. The van der Waals surface area contributed by atoms with E-state index in [0.29, 0.717) is 18.7 Å². The minimum Gasteiger partial charge on any atom is -0.497 e. The van der Waals surface area contributed by atoms with Crippen LogP contribution in [0.3, 0.4) is 0 Å². The maximum atomic E-state index is 13.2. The predicted molar refractivity (Wildman–Crippen MR) is 108 cm³/mol. The lowest BCUT2D eigenvalue weighted by atomic mass is 9.48. The molecular formula is C23H26N2O3. The summed E-state index contributed by atoms with van der Waals surface area (Å²) in [5.74, 6) is 0.576. The van der Waals surface area contributed by atoms with Crippen LogP contribution >= 0.6 is 0 Å². The highest BCUT2D eigenvalue weighted by Gasteiger charge is 2.66. The van der Waals surface area contributed by atoms with Crippen molar-refractivity contribution >= 4 is 11.8 Å². The Balaban J connectivity index is 1.60. The highest BCUT2D eigenvalue weighted by atomic mass is 16.5. The van der Waals surface area contributed by atoms with Gasteiger partial charge < -0.3 is 15.4 Å². The number of carbonyl (C=O) groups is 2. The van der Waals surface area contributed by atoms with Crippen LogP contribution in [0, 0.1) is 16.7 Å². The number of hydrogen-bond acceptors (Lipinski definition) is 3. The zero-order valence-corrected chi connectivity index (χ0v) is 16.6. The van der Waals surface area contributed by atoms with E-state index in [9.17, 15) is 9.59 Å². The van der Waals surface area contributed by atoms with Crippen LogP contribution in [0.25, 0.3) is 11.1 Å². The molecule has 5 heteroatoms. The zero-order valence-electron chi connectivity index (χ0n) is 16.6. The van der Waals surface area contributed by atoms with Gasteiger partial charge in [-0.15, -0.1) is 0 Å². The third-order valence-corrected chi connectivity index (χ3v) is 6.55. The molecule has 1 saturated carbocycles. The molecule has 2 N–H and O–H groups in total. The Kier molecular flexibility index (Phi) is 4.21. The molecule has 146 valence electrons. The van der Waals surface area contributed by atoms with Gasteiger partial charge in [-0.25, -0.2) is 0 Å². The van der Waals surface area contributed by atoms with Crippen molar-refractivity contribution in [2.24, 2.45) is 22.5 Å². The van der Waals surface area contributed by atoms with Crippen molar-refractivity contribution in [3.8, 4) is 16.9 Å². The van der Waals surface area contributed by atoms with Gasteiger partial charge in [-0.3, -0.25) is 9.59 Å². The fraction of sp³-hybridized carbons (Fsp3) is 0.391. The molecule has 0 radical (unpaired) electrons. The van der Waals surface area contributed by atoms with Gasteiger partial charge in [0.2, 0.25) is 5.91 Å². The fourth-order valence-corrected chi connectivity index (χ4v) is 5.20. The SMILES string of the molecule is COc1cccc(-c2cccc(C(=O)N3C[C@@H]4C(C)(C)C[C@]4(C(N)=O)C3)c2)c1. The molecule has 2 fully saturated rings. The van der Waals surface area contributed by atoms with Crippen molar-refractivity contribution in [1.29, 1.82) is 0 Å². The highest BCUT2D eigenvalue weighted by molar-refractivity contribution is 5.97.